The molecule has 26 heavy (non-hydrogen) atoms. The van der Waals surface area contributed by atoms with E-state index < -0.39 is 0 Å². The second kappa shape index (κ2) is 6.76. The summed E-state index contributed by atoms with van der Waals surface area (Å²) in [7, 11) is 0. The Morgan fingerprint density at radius 1 is 1.04 bits per heavy atom. The molecule has 6 nitrogen and oxygen atoms in total. The van der Waals surface area contributed by atoms with Crippen LogP contribution < -0.4 is 5.56 Å². The van der Waals surface area contributed by atoms with Crippen LogP contribution in [-0.4, -0.2) is 24.5 Å². The van der Waals surface area contributed by atoms with Crippen molar-refractivity contribution >= 4 is 17.2 Å². The number of rotatable bonds is 4. The fraction of sp³-hybridized carbons (Fsp3) is 0.100. The average Bonchev–Trinajstić information content (AvgIpc) is 3.10. The lowest BCUT2D eigenvalue weighted by atomic mass is 10.2. The highest BCUT2D eigenvalue weighted by atomic mass is 16.1. The summed E-state index contributed by atoms with van der Waals surface area (Å²) in [6.07, 6.45) is 5.43. The summed E-state index contributed by atoms with van der Waals surface area (Å²) in [5.74, 6) is 0. The summed E-state index contributed by atoms with van der Waals surface area (Å²) in [5, 5.41) is 8.13. The number of hydrogen-bond acceptors (Lipinski definition) is 4. The lowest BCUT2D eigenvalue weighted by Gasteiger charge is -2.03. The lowest BCUT2D eigenvalue weighted by molar-refractivity contribution is 0.765. The van der Waals surface area contributed by atoms with Gasteiger partial charge in [-0.3, -0.25) is 9.36 Å². The van der Waals surface area contributed by atoms with E-state index >= 15 is 0 Å². The molecule has 128 valence electrons. The van der Waals surface area contributed by atoms with E-state index in [1.165, 1.54) is 10.9 Å². The maximum absolute atomic E-state index is 12.6. The average molecular weight is 343 g/mol. The first kappa shape index (κ1) is 16.0. The zero-order valence-corrected chi connectivity index (χ0v) is 14.3. The highest BCUT2D eigenvalue weighted by Gasteiger charge is 2.12. The van der Waals surface area contributed by atoms with Gasteiger partial charge in [-0.2, -0.15) is 4.68 Å². The Morgan fingerprint density at radius 2 is 1.81 bits per heavy atom. The molecule has 0 aliphatic carbocycles. The van der Waals surface area contributed by atoms with Crippen LogP contribution in [0.15, 0.2) is 71.8 Å². The number of nitrogens with zero attached hydrogens (tertiary/aromatic N) is 5. The number of aryl methyl sites for hydroxylation is 1. The van der Waals surface area contributed by atoms with Crippen LogP contribution in [0, 0.1) is 6.92 Å². The normalized spacial score (nSPS) is 11.4. The molecule has 2 aromatic heterocycles. The number of fused-ring (bicyclic) bond motifs is 1. The van der Waals surface area contributed by atoms with Crippen LogP contribution in [0.2, 0.25) is 0 Å². The van der Waals surface area contributed by atoms with Gasteiger partial charge in [-0.15, -0.1) is 5.10 Å². The van der Waals surface area contributed by atoms with E-state index in [-0.39, 0.29) is 11.1 Å². The predicted octanol–water partition coefficient (Wildman–Crippen LogP) is 3.00. The summed E-state index contributed by atoms with van der Waals surface area (Å²) in [5.41, 5.74) is 3.58. The summed E-state index contributed by atoms with van der Waals surface area (Å²) in [6, 6.07) is 17.8. The first-order valence-electron chi connectivity index (χ1n) is 8.32. The highest BCUT2D eigenvalue weighted by molar-refractivity contribution is 5.70. The van der Waals surface area contributed by atoms with Gasteiger partial charge >= 0.3 is 0 Å². The zero-order chi connectivity index (χ0) is 17.9. The van der Waals surface area contributed by atoms with Gasteiger partial charge in [-0.1, -0.05) is 65.4 Å². The number of aromatic nitrogens is 5. The van der Waals surface area contributed by atoms with Crippen molar-refractivity contribution in [1.82, 2.24) is 24.5 Å². The van der Waals surface area contributed by atoms with Crippen LogP contribution in [-0.2, 0) is 6.54 Å². The number of benzene rings is 2. The molecule has 6 heteroatoms. The minimum atomic E-state index is -0.203. The van der Waals surface area contributed by atoms with Crippen molar-refractivity contribution in [2.75, 3.05) is 0 Å². The summed E-state index contributed by atoms with van der Waals surface area (Å²) in [6.45, 7) is 2.44. The molecule has 0 fully saturated rings. The first-order valence-corrected chi connectivity index (χ1v) is 8.32. The minimum absolute atomic E-state index is 0.203. The summed E-state index contributed by atoms with van der Waals surface area (Å²) < 4.78 is 3.11. The molecule has 0 aliphatic heterocycles. The Hall–Kier alpha value is -3.54. The van der Waals surface area contributed by atoms with Gasteiger partial charge in [-0.25, -0.2) is 4.98 Å². The molecule has 0 N–H and O–H groups in total. The maximum Gasteiger partial charge on any atom is 0.283 e. The Kier molecular flexibility index (Phi) is 4.15. The quantitative estimate of drug-likeness (QED) is 0.571. The van der Waals surface area contributed by atoms with Gasteiger partial charge in [0.05, 0.1) is 5.69 Å². The number of allylic oxidation sites excluding steroid dienone is 1. The maximum atomic E-state index is 12.6. The van der Waals surface area contributed by atoms with Crippen molar-refractivity contribution in [3.63, 3.8) is 0 Å². The topological polar surface area (TPSA) is 65.6 Å². The Bertz CT molecular complexity index is 1120. The Labute approximate surface area is 150 Å². The zero-order valence-electron chi connectivity index (χ0n) is 14.3. The Morgan fingerprint density at radius 3 is 2.58 bits per heavy atom. The van der Waals surface area contributed by atoms with E-state index in [4.69, 9.17) is 0 Å². The van der Waals surface area contributed by atoms with E-state index in [0.29, 0.717) is 12.2 Å². The fourth-order valence-electron chi connectivity index (χ4n) is 2.70. The van der Waals surface area contributed by atoms with E-state index in [0.717, 1.165) is 16.8 Å². The van der Waals surface area contributed by atoms with Crippen LogP contribution in [0.25, 0.3) is 22.9 Å². The summed E-state index contributed by atoms with van der Waals surface area (Å²) >= 11 is 0. The molecule has 2 aromatic carbocycles. The third-order valence-corrected chi connectivity index (χ3v) is 4.12. The fourth-order valence-corrected chi connectivity index (χ4v) is 2.70. The van der Waals surface area contributed by atoms with Crippen molar-refractivity contribution in [1.29, 1.82) is 0 Å². The van der Waals surface area contributed by atoms with Crippen molar-refractivity contribution in [3.05, 3.63) is 88.5 Å². The molecule has 0 radical (unpaired) electrons. The van der Waals surface area contributed by atoms with Crippen LogP contribution in [0.4, 0.5) is 0 Å². The van der Waals surface area contributed by atoms with E-state index in [2.05, 4.69) is 15.3 Å². The first-order chi connectivity index (χ1) is 12.7. The van der Waals surface area contributed by atoms with Crippen LogP contribution >= 0.6 is 0 Å². The Balaban J connectivity index is 1.65. The molecular formula is C20H17N5O. The van der Waals surface area contributed by atoms with Crippen molar-refractivity contribution in [2.45, 2.75) is 13.5 Å². The van der Waals surface area contributed by atoms with Crippen LogP contribution in [0.3, 0.4) is 0 Å². The molecule has 0 amide bonds. The van der Waals surface area contributed by atoms with Gasteiger partial charge in [0, 0.05) is 6.54 Å². The molecule has 2 heterocycles. The molecule has 0 saturated heterocycles. The van der Waals surface area contributed by atoms with Gasteiger partial charge in [-0.05, 0) is 24.6 Å². The minimum Gasteiger partial charge on any atom is -0.293 e. The lowest BCUT2D eigenvalue weighted by Crippen LogP contribution is -2.20. The predicted molar refractivity (Wildman–Crippen MR) is 101 cm³/mol. The summed E-state index contributed by atoms with van der Waals surface area (Å²) in [4.78, 5) is 17.0. The highest BCUT2D eigenvalue weighted by Crippen LogP contribution is 2.12. The molecule has 4 aromatic rings. The molecule has 0 aliphatic rings. The van der Waals surface area contributed by atoms with E-state index in [1.54, 1.807) is 4.68 Å². The van der Waals surface area contributed by atoms with Crippen molar-refractivity contribution in [2.24, 2.45) is 0 Å². The van der Waals surface area contributed by atoms with Gasteiger partial charge in [0.25, 0.3) is 5.56 Å². The number of hydrogen-bond donors (Lipinski definition) is 0. The molecule has 0 spiro atoms. The van der Waals surface area contributed by atoms with E-state index in [1.807, 2.05) is 73.7 Å². The molecule has 0 unspecified atom stereocenters. The monoisotopic (exact) mass is 343 g/mol. The smallest absolute Gasteiger partial charge is 0.283 e. The van der Waals surface area contributed by atoms with Crippen LogP contribution in [0.5, 0.6) is 0 Å². The SMILES string of the molecule is Cc1ccc(-n2nnc3c(=O)n(CC=Cc4ccccc4)cnc32)cc1. The van der Waals surface area contributed by atoms with Gasteiger partial charge in [0.2, 0.25) is 0 Å². The molecular weight excluding hydrogens is 326 g/mol. The second-order valence-corrected chi connectivity index (χ2v) is 6.02. The molecule has 0 atom stereocenters. The van der Waals surface area contributed by atoms with Crippen molar-refractivity contribution < 1.29 is 0 Å². The molecule has 4 rings (SSSR count). The largest absolute Gasteiger partial charge is 0.293 e. The third kappa shape index (κ3) is 3.04. The van der Waals surface area contributed by atoms with Gasteiger partial charge in [0.1, 0.15) is 6.33 Å². The van der Waals surface area contributed by atoms with Gasteiger partial charge < -0.3 is 0 Å². The molecule has 0 saturated carbocycles. The standard InChI is InChI=1S/C20H17N5O/c1-15-9-11-17(12-10-15)25-19-18(22-23-25)20(26)24(14-21-19)13-5-8-16-6-3-2-4-7-16/h2-12,14H,13H2,1H3. The van der Waals surface area contributed by atoms with Crippen LogP contribution in [0.1, 0.15) is 11.1 Å². The molecule has 0 bridgehead atoms. The van der Waals surface area contributed by atoms with Gasteiger partial charge in [0.15, 0.2) is 11.2 Å². The van der Waals surface area contributed by atoms with Crippen molar-refractivity contribution in [3.8, 4) is 5.69 Å². The third-order valence-electron chi connectivity index (χ3n) is 4.12. The van der Waals surface area contributed by atoms with E-state index in [9.17, 15) is 4.79 Å². The second-order valence-electron chi connectivity index (χ2n) is 6.02.